The van der Waals surface area contributed by atoms with Gasteiger partial charge < -0.3 is 14.4 Å². The van der Waals surface area contributed by atoms with E-state index in [4.69, 9.17) is 9.31 Å². The molecule has 1 N–H and O–H groups in total. The van der Waals surface area contributed by atoms with Gasteiger partial charge in [-0.1, -0.05) is 31.2 Å². The first-order valence-electron chi connectivity index (χ1n) is 9.79. The minimum absolute atomic E-state index is 0.235. The molecule has 1 aliphatic carbocycles. The molecule has 4 nitrogen and oxygen atoms in total. The van der Waals surface area contributed by atoms with Gasteiger partial charge in [0.1, 0.15) is 0 Å². The van der Waals surface area contributed by atoms with Crippen LogP contribution in [0.3, 0.4) is 0 Å². The third-order valence-corrected chi connectivity index (χ3v) is 6.80. The van der Waals surface area contributed by atoms with Crippen LogP contribution in [0.1, 0.15) is 71.8 Å². The molecule has 1 aliphatic heterocycles. The average molecular weight is 358 g/mol. The quantitative estimate of drug-likeness (QED) is 0.828. The molecule has 1 saturated heterocycles. The molecule has 26 heavy (non-hydrogen) atoms. The fourth-order valence-electron chi connectivity index (χ4n) is 4.06. The number of hydrogen-bond donors (Lipinski definition) is 1. The fraction of sp³-hybridized carbons (Fsp3) is 0.667. The van der Waals surface area contributed by atoms with Crippen molar-refractivity contribution in [1.29, 1.82) is 0 Å². The molecule has 142 valence electrons. The second kappa shape index (κ2) is 7.01. The number of carboxylic acid groups (broad SMARTS) is 1. The Bertz CT molecular complexity index is 628. The summed E-state index contributed by atoms with van der Waals surface area (Å²) >= 11 is 0. The zero-order valence-electron chi connectivity index (χ0n) is 16.6. The highest BCUT2D eigenvalue weighted by molar-refractivity contribution is 6.62. The highest BCUT2D eigenvalue weighted by atomic mass is 16.7. The molecule has 1 heterocycles. The molecule has 3 rings (SSSR count). The summed E-state index contributed by atoms with van der Waals surface area (Å²) in [6.07, 6.45) is 4.13. The van der Waals surface area contributed by atoms with Gasteiger partial charge in [-0.2, -0.15) is 0 Å². The van der Waals surface area contributed by atoms with Crippen LogP contribution in [-0.2, 0) is 14.1 Å². The van der Waals surface area contributed by atoms with Crippen LogP contribution in [-0.4, -0.2) is 29.4 Å². The minimum Gasteiger partial charge on any atom is -0.481 e. The molecule has 1 unspecified atom stereocenters. The minimum atomic E-state index is -0.666. The van der Waals surface area contributed by atoms with E-state index < -0.39 is 5.97 Å². The summed E-state index contributed by atoms with van der Waals surface area (Å²) in [5.74, 6) is -0.0609. The normalized spacial score (nSPS) is 28.7. The predicted molar refractivity (Wildman–Crippen MR) is 104 cm³/mol. The Morgan fingerprint density at radius 2 is 1.54 bits per heavy atom. The Kier molecular flexibility index (Phi) is 5.24. The molecular formula is C21H31BO4. The first-order valence-corrected chi connectivity index (χ1v) is 9.79. The Hall–Kier alpha value is -1.33. The topological polar surface area (TPSA) is 55.8 Å². The third kappa shape index (κ3) is 3.70. The first kappa shape index (κ1) is 19.4. The van der Waals surface area contributed by atoms with E-state index in [1.807, 2.05) is 6.92 Å². The van der Waals surface area contributed by atoms with E-state index in [1.165, 1.54) is 5.56 Å². The van der Waals surface area contributed by atoms with Gasteiger partial charge in [-0.05, 0) is 76.2 Å². The lowest BCUT2D eigenvalue weighted by atomic mass is 9.73. The molecule has 5 heteroatoms. The zero-order chi connectivity index (χ0) is 19.1. The Morgan fingerprint density at radius 1 is 1.04 bits per heavy atom. The lowest BCUT2D eigenvalue weighted by molar-refractivity contribution is -0.143. The Labute approximate surface area is 157 Å². The van der Waals surface area contributed by atoms with Crippen molar-refractivity contribution < 1.29 is 19.2 Å². The van der Waals surface area contributed by atoms with Crippen LogP contribution in [0.25, 0.3) is 0 Å². The molecule has 0 spiro atoms. The summed E-state index contributed by atoms with van der Waals surface area (Å²) in [7, 11) is -0.318. The van der Waals surface area contributed by atoms with Gasteiger partial charge in [0.05, 0.1) is 17.1 Å². The lowest BCUT2D eigenvalue weighted by Gasteiger charge is -2.32. The van der Waals surface area contributed by atoms with Gasteiger partial charge >= 0.3 is 13.1 Å². The number of rotatable bonds is 4. The zero-order valence-corrected chi connectivity index (χ0v) is 16.6. The number of carbonyl (C=O) groups is 1. The van der Waals surface area contributed by atoms with E-state index >= 15 is 0 Å². The van der Waals surface area contributed by atoms with Crippen LogP contribution in [0.4, 0.5) is 0 Å². The van der Waals surface area contributed by atoms with E-state index in [2.05, 4.69) is 52.0 Å². The van der Waals surface area contributed by atoms with E-state index in [1.54, 1.807) is 0 Å². The first-order chi connectivity index (χ1) is 12.1. The molecule has 1 atom stereocenters. The molecule has 1 saturated carbocycles. The predicted octanol–water partition coefficient (Wildman–Crippen LogP) is 3.98. The number of hydrogen-bond acceptors (Lipinski definition) is 3. The number of aliphatic carboxylic acids is 1. The van der Waals surface area contributed by atoms with Crippen LogP contribution in [0.2, 0.25) is 0 Å². The smallest absolute Gasteiger partial charge is 0.481 e. The standard InChI is InChI=1S/C21H31BO4/c1-14(19(23)24)15-6-8-16(9-7-15)17-10-12-18(13-11-17)22-25-20(2,3)21(4,5)26-22/h10-16H,6-9H2,1-5H3,(H,23,24). The van der Waals surface area contributed by atoms with Crippen molar-refractivity contribution in [3.05, 3.63) is 29.8 Å². The SMILES string of the molecule is CC(C(=O)O)C1CCC(c2ccc(B3OC(C)(C)C(C)(C)O3)cc2)CC1. The van der Waals surface area contributed by atoms with E-state index in [9.17, 15) is 9.90 Å². The van der Waals surface area contributed by atoms with Crippen molar-refractivity contribution in [2.45, 2.75) is 77.4 Å². The van der Waals surface area contributed by atoms with E-state index in [-0.39, 0.29) is 24.2 Å². The highest BCUT2D eigenvalue weighted by Crippen LogP contribution is 2.39. The maximum atomic E-state index is 11.2. The van der Waals surface area contributed by atoms with Crippen LogP contribution < -0.4 is 5.46 Å². The lowest BCUT2D eigenvalue weighted by Crippen LogP contribution is -2.41. The molecule has 2 aliphatic rings. The summed E-state index contributed by atoms with van der Waals surface area (Å²) in [5, 5.41) is 9.20. The van der Waals surface area contributed by atoms with E-state index in [0.717, 1.165) is 31.1 Å². The second-order valence-electron chi connectivity index (χ2n) is 8.99. The van der Waals surface area contributed by atoms with Gasteiger partial charge in [-0.15, -0.1) is 0 Å². The van der Waals surface area contributed by atoms with Gasteiger partial charge in [-0.25, -0.2) is 0 Å². The monoisotopic (exact) mass is 358 g/mol. The van der Waals surface area contributed by atoms with E-state index in [0.29, 0.717) is 11.8 Å². The molecule has 0 bridgehead atoms. The van der Waals surface area contributed by atoms with Gasteiger partial charge in [0.2, 0.25) is 0 Å². The number of carboxylic acids is 1. The fourth-order valence-corrected chi connectivity index (χ4v) is 4.06. The van der Waals surface area contributed by atoms with Gasteiger partial charge in [-0.3, -0.25) is 4.79 Å². The number of benzene rings is 1. The van der Waals surface area contributed by atoms with Crippen LogP contribution in [0, 0.1) is 11.8 Å². The summed E-state index contributed by atoms with van der Waals surface area (Å²) in [4.78, 5) is 11.2. The molecule has 0 aromatic heterocycles. The van der Waals surface area contributed by atoms with Crippen molar-refractivity contribution in [2.24, 2.45) is 11.8 Å². The molecule has 0 amide bonds. The third-order valence-electron chi connectivity index (χ3n) is 6.80. The summed E-state index contributed by atoms with van der Waals surface area (Å²) in [6, 6.07) is 8.60. The highest BCUT2D eigenvalue weighted by Gasteiger charge is 2.51. The summed E-state index contributed by atoms with van der Waals surface area (Å²) in [6.45, 7) is 10.1. The van der Waals surface area contributed by atoms with Gasteiger partial charge in [0.15, 0.2) is 0 Å². The van der Waals surface area contributed by atoms with Crippen molar-refractivity contribution in [2.75, 3.05) is 0 Å². The van der Waals surface area contributed by atoms with Crippen molar-refractivity contribution in [3.8, 4) is 0 Å². The van der Waals surface area contributed by atoms with Gasteiger partial charge in [0, 0.05) is 0 Å². The molecule has 1 aromatic carbocycles. The Balaban J connectivity index is 1.62. The maximum absolute atomic E-state index is 11.2. The second-order valence-corrected chi connectivity index (χ2v) is 8.99. The van der Waals surface area contributed by atoms with Gasteiger partial charge in [0.25, 0.3) is 0 Å². The largest absolute Gasteiger partial charge is 0.494 e. The van der Waals surface area contributed by atoms with Crippen LogP contribution >= 0.6 is 0 Å². The summed E-state index contributed by atoms with van der Waals surface area (Å²) < 4.78 is 12.2. The van der Waals surface area contributed by atoms with Crippen LogP contribution in [0.15, 0.2) is 24.3 Å². The average Bonchev–Trinajstić information content (AvgIpc) is 2.82. The van der Waals surface area contributed by atoms with Crippen molar-refractivity contribution in [3.63, 3.8) is 0 Å². The van der Waals surface area contributed by atoms with Crippen LogP contribution in [0.5, 0.6) is 0 Å². The van der Waals surface area contributed by atoms with Crippen molar-refractivity contribution in [1.82, 2.24) is 0 Å². The molecular weight excluding hydrogens is 327 g/mol. The summed E-state index contributed by atoms with van der Waals surface area (Å²) in [5.41, 5.74) is 1.75. The molecule has 2 fully saturated rings. The molecule has 1 aromatic rings. The maximum Gasteiger partial charge on any atom is 0.494 e. The molecule has 0 radical (unpaired) electrons. The Morgan fingerprint density at radius 3 is 2.00 bits per heavy atom. The van der Waals surface area contributed by atoms with Crippen molar-refractivity contribution >= 4 is 18.6 Å².